The highest BCUT2D eigenvalue weighted by Gasteiger charge is 2.15. The Bertz CT molecular complexity index is 952. The normalized spacial score (nSPS) is 11.8. The maximum absolute atomic E-state index is 12.0. The van der Waals surface area contributed by atoms with E-state index in [1.807, 2.05) is 24.3 Å². The fraction of sp³-hybridized carbons (Fsp3) is 0.381. The van der Waals surface area contributed by atoms with Gasteiger partial charge in [0.15, 0.2) is 0 Å². The monoisotopic (exact) mass is 355 g/mol. The molecule has 3 nitrogen and oxygen atoms in total. The first kappa shape index (κ1) is 17.9. The van der Waals surface area contributed by atoms with E-state index in [0.29, 0.717) is 11.6 Å². The first-order valence-corrected chi connectivity index (χ1v) is 9.48. The summed E-state index contributed by atoms with van der Waals surface area (Å²) in [5.41, 5.74) is 3.80. The minimum Gasteiger partial charge on any atom is -0.423 e. The molecule has 0 spiro atoms. The highest BCUT2D eigenvalue weighted by atomic mass is 32.1. The van der Waals surface area contributed by atoms with E-state index < -0.39 is 0 Å². The van der Waals surface area contributed by atoms with Crippen molar-refractivity contribution in [2.24, 2.45) is 0 Å². The molecule has 0 unspecified atom stereocenters. The van der Waals surface area contributed by atoms with Gasteiger partial charge in [-0.3, -0.25) is 4.90 Å². The third-order valence-corrected chi connectivity index (χ3v) is 5.69. The summed E-state index contributed by atoms with van der Waals surface area (Å²) in [7, 11) is 0. The number of rotatable bonds is 5. The van der Waals surface area contributed by atoms with E-state index in [2.05, 4.69) is 50.8 Å². The van der Waals surface area contributed by atoms with Crippen molar-refractivity contribution >= 4 is 22.3 Å². The molecule has 3 aromatic rings. The van der Waals surface area contributed by atoms with Crippen molar-refractivity contribution in [2.75, 3.05) is 0 Å². The summed E-state index contributed by atoms with van der Waals surface area (Å²) in [6.07, 6.45) is 0. The van der Waals surface area contributed by atoms with Gasteiger partial charge in [-0.2, -0.15) is 0 Å². The van der Waals surface area contributed by atoms with Gasteiger partial charge in [-0.1, -0.05) is 0 Å². The fourth-order valence-electron chi connectivity index (χ4n) is 3.02. The molecular weight excluding hydrogens is 330 g/mol. The number of thiophene rings is 1. The SMILES string of the molecule is Cc1ccc(CN(Cc2cc(=O)oc3cc(C)c(C)cc23)C(C)C)s1. The highest BCUT2D eigenvalue weighted by Crippen LogP contribution is 2.25. The Kier molecular flexibility index (Phi) is 5.11. The lowest BCUT2D eigenvalue weighted by atomic mass is 10.0. The van der Waals surface area contributed by atoms with Crippen molar-refractivity contribution in [3.63, 3.8) is 0 Å². The van der Waals surface area contributed by atoms with Gasteiger partial charge in [-0.05, 0) is 75.6 Å². The standard InChI is InChI=1S/C21H25NO2S/c1-13(2)22(12-18-7-6-16(5)25-18)11-17-10-21(23)24-20-9-15(4)14(3)8-19(17)20/h6-10,13H,11-12H2,1-5H3. The second-order valence-corrected chi connectivity index (χ2v) is 8.41. The average molecular weight is 356 g/mol. The van der Waals surface area contributed by atoms with E-state index in [1.165, 1.54) is 15.3 Å². The zero-order chi connectivity index (χ0) is 18.1. The molecule has 0 aliphatic carbocycles. The lowest BCUT2D eigenvalue weighted by Crippen LogP contribution is -2.30. The molecule has 0 saturated heterocycles. The molecule has 0 N–H and O–H groups in total. The number of hydrogen-bond acceptors (Lipinski definition) is 4. The molecule has 0 amide bonds. The molecule has 1 aromatic carbocycles. The van der Waals surface area contributed by atoms with Gasteiger partial charge in [-0.15, -0.1) is 11.3 Å². The second kappa shape index (κ2) is 7.14. The number of aryl methyl sites for hydroxylation is 3. The largest absolute Gasteiger partial charge is 0.423 e. The summed E-state index contributed by atoms with van der Waals surface area (Å²) in [5, 5.41) is 1.04. The highest BCUT2D eigenvalue weighted by molar-refractivity contribution is 7.11. The van der Waals surface area contributed by atoms with Crippen LogP contribution in [0.25, 0.3) is 11.0 Å². The van der Waals surface area contributed by atoms with Gasteiger partial charge in [0.2, 0.25) is 0 Å². The van der Waals surface area contributed by atoms with Crippen LogP contribution in [0.15, 0.2) is 39.5 Å². The van der Waals surface area contributed by atoms with E-state index in [0.717, 1.165) is 29.6 Å². The Morgan fingerprint density at radius 2 is 1.76 bits per heavy atom. The van der Waals surface area contributed by atoms with E-state index in [9.17, 15) is 4.79 Å². The summed E-state index contributed by atoms with van der Waals surface area (Å²) in [6, 6.07) is 10.5. The van der Waals surface area contributed by atoms with Gasteiger partial charge in [0, 0.05) is 40.3 Å². The van der Waals surface area contributed by atoms with Crippen LogP contribution in [-0.2, 0) is 13.1 Å². The maximum Gasteiger partial charge on any atom is 0.336 e. The third kappa shape index (κ3) is 4.02. The summed E-state index contributed by atoms with van der Waals surface area (Å²) in [5.74, 6) is 0. The lowest BCUT2D eigenvalue weighted by Gasteiger charge is -2.26. The Labute approximate surface area is 152 Å². The number of hydrogen-bond donors (Lipinski definition) is 0. The van der Waals surface area contributed by atoms with Gasteiger partial charge in [0.1, 0.15) is 5.58 Å². The molecule has 0 radical (unpaired) electrons. The van der Waals surface area contributed by atoms with Crippen LogP contribution in [0.4, 0.5) is 0 Å². The van der Waals surface area contributed by atoms with Crippen molar-refractivity contribution in [2.45, 2.75) is 53.8 Å². The van der Waals surface area contributed by atoms with Crippen molar-refractivity contribution in [3.8, 4) is 0 Å². The van der Waals surface area contributed by atoms with Crippen molar-refractivity contribution in [3.05, 3.63) is 67.2 Å². The van der Waals surface area contributed by atoms with Crippen LogP contribution in [0.1, 0.15) is 40.3 Å². The predicted molar refractivity (Wildman–Crippen MR) is 105 cm³/mol. The van der Waals surface area contributed by atoms with Crippen LogP contribution in [0.5, 0.6) is 0 Å². The molecule has 2 aromatic heterocycles. The summed E-state index contributed by atoms with van der Waals surface area (Å²) >= 11 is 1.83. The second-order valence-electron chi connectivity index (χ2n) is 7.03. The zero-order valence-corrected chi connectivity index (χ0v) is 16.4. The fourth-order valence-corrected chi connectivity index (χ4v) is 3.94. The minimum absolute atomic E-state index is 0.276. The van der Waals surface area contributed by atoms with Crippen LogP contribution in [0.3, 0.4) is 0 Å². The number of nitrogens with zero attached hydrogens (tertiary/aromatic N) is 1. The first-order chi connectivity index (χ1) is 11.8. The van der Waals surface area contributed by atoms with Gasteiger partial charge < -0.3 is 4.42 Å². The average Bonchev–Trinajstić information content (AvgIpc) is 2.93. The van der Waals surface area contributed by atoms with Crippen LogP contribution in [0, 0.1) is 20.8 Å². The van der Waals surface area contributed by atoms with Crippen LogP contribution >= 0.6 is 11.3 Å². The van der Waals surface area contributed by atoms with Crippen molar-refractivity contribution < 1.29 is 4.42 Å². The molecule has 0 fully saturated rings. The molecule has 0 aliphatic heterocycles. The first-order valence-electron chi connectivity index (χ1n) is 8.67. The molecule has 2 heterocycles. The lowest BCUT2D eigenvalue weighted by molar-refractivity contribution is 0.206. The van der Waals surface area contributed by atoms with Crippen LogP contribution < -0.4 is 5.63 Å². The summed E-state index contributed by atoms with van der Waals surface area (Å²) in [6.45, 7) is 12.3. The number of benzene rings is 1. The van der Waals surface area contributed by atoms with Gasteiger partial charge in [0.25, 0.3) is 0 Å². The van der Waals surface area contributed by atoms with Crippen LogP contribution in [-0.4, -0.2) is 10.9 Å². The van der Waals surface area contributed by atoms with Crippen LogP contribution in [0.2, 0.25) is 0 Å². The smallest absolute Gasteiger partial charge is 0.336 e. The number of fused-ring (bicyclic) bond motifs is 1. The molecule has 0 saturated carbocycles. The van der Waals surface area contributed by atoms with E-state index in [1.54, 1.807) is 6.07 Å². The molecule has 0 bridgehead atoms. The molecule has 132 valence electrons. The van der Waals surface area contributed by atoms with E-state index in [-0.39, 0.29) is 5.63 Å². The zero-order valence-electron chi connectivity index (χ0n) is 15.6. The van der Waals surface area contributed by atoms with Crippen molar-refractivity contribution in [1.82, 2.24) is 4.90 Å². The van der Waals surface area contributed by atoms with Crippen molar-refractivity contribution in [1.29, 1.82) is 0 Å². The summed E-state index contributed by atoms with van der Waals surface area (Å²) < 4.78 is 5.43. The Morgan fingerprint density at radius 1 is 1.04 bits per heavy atom. The topological polar surface area (TPSA) is 33.5 Å². The van der Waals surface area contributed by atoms with Gasteiger partial charge in [-0.25, -0.2) is 4.79 Å². The van der Waals surface area contributed by atoms with E-state index in [4.69, 9.17) is 4.42 Å². The summed E-state index contributed by atoms with van der Waals surface area (Å²) in [4.78, 5) is 17.1. The molecule has 0 aliphatic rings. The molecule has 3 rings (SSSR count). The van der Waals surface area contributed by atoms with Gasteiger partial charge in [0.05, 0.1) is 0 Å². The minimum atomic E-state index is -0.276. The quantitative estimate of drug-likeness (QED) is 0.591. The Balaban J connectivity index is 1.99. The molecule has 0 atom stereocenters. The third-order valence-electron chi connectivity index (χ3n) is 4.70. The predicted octanol–water partition coefficient (Wildman–Crippen LogP) is 5.19. The molecular formula is C21H25NO2S. The maximum atomic E-state index is 12.0. The molecule has 4 heteroatoms. The van der Waals surface area contributed by atoms with E-state index >= 15 is 0 Å². The Morgan fingerprint density at radius 3 is 2.40 bits per heavy atom. The van der Waals surface area contributed by atoms with Gasteiger partial charge >= 0.3 is 5.63 Å². The Hall–Kier alpha value is -1.91. The molecule has 25 heavy (non-hydrogen) atoms.